The molecule has 27 heavy (non-hydrogen) atoms. The Hall–Kier alpha value is -3.81. The van der Waals surface area contributed by atoms with Crippen LogP contribution < -0.4 is 16.3 Å². The van der Waals surface area contributed by atoms with Gasteiger partial charge in [-0.2, -0.15) is 5.10 Å². The maximum absolute atomic E-state index is 12.8. The number of hydrogen-bond acceptors (Lipinski definition) is 4. The first kappa shape index (κ1) is 18.0. The second kappa shape index (κ2) is 8.05. The van der Waals surface area contributed by atoms with Crippen LogP contribution in [0, 0.1) is 5.82 Å². The molecule has 2 aromatic carbocycles. The van der Waals surface area contributed by atoms with E-state index in [2.05, 4.69) is 20.8 Å². The second-order valence-electron chi connectivity index (χ2n) is 5.62. The Balaban J connectivity index is 1.56. The topological polar surface area (TPSA) is 103 Å². The summed E-state index contributed by atoms with van der Waals surface area (Å²) in [5.41, 5.74) is 3.10. The first-order chi connectivity index (χ1) is 13.0. The lowest BCUT2D eigenvalue weighted by molar-refractivity contribution is -0.120. The minimum Gasteiger partial charge on any atom is -0.343 e. The Morgan fingerprint density at radius 1 is 1.11 bits per heavy atom. The minimum atomic E-state index is -0.570. The summed E-state index contributed by atoms with van der Waals surface area (Å²) in [6, 6.07) is 13.9. The number of H-pyrrole nitrogens is 1. The standard InChI is InChI=1S/C19H15FN4O3/c20-15-7-5-12(6-8-15)18(26)21-11-17(25)24-22-10-14-9-13-3-1-2-4-16(13)23-19(14)27/h1-10H,11H2,(H,21,26)(H,23,27)(H,24,25)/b22-10-. The van der Waals surface area contributed by atoms with Crippen molar-refractivity contribution in [2.45, 2.75) is 0 Å². The highest BCUT2D eigenvalue weighted by Crippen LogP contribution is 2.08. The molecule has 136 valence electrons. The Kier molecular flexibility index (Phi) is 5.36. The molecule has 7 nitrogen and oxygen atoms in total. The van der Waals surface area contributed by atoms with Crippen molar-refractivity contribution in [2.75, 3.05) is 6.54 Å². The van der Waals surface area contributed by atoms with Crippen LogP contribution in [-0.2, 0) is 4.79 Å². The summed E-state index contributed by atoms with van der Waals surface area (Å²) >= 11 is 0. The van der Waals surface area contributed by atoms with E-state index in [-0.39, 0.29) is 23.2 Å². The number of hydrogen-bond donors (Lipinski definition) is 3. The predicted molar refractivity (Wildman–Crippen MR) is 99.0 cm³/mol. The van der Waals surface area contributed by atoms with E-state index < -0.39 is 17.6 Å². The molecule has 0 aliphatic carbocycles. The lowest BCUT2D eigenvalue weighted by Crippen LogP contribution is -2.35. The monoisotopic (exact) mass is 366 g/mol. The number of aromatic amines is 1. The molecule has 8 heteroatoms. The molecule has 0 radical (unpaired) electrons. The van der Waals surface area contributed by atoms with Gasteiger partial charge in [0.15, 0.2) is 0 Å². The van der Waals surface area contributed by atoms with Gasteiger partial charge >= 0.3 is 0 Å². The van der Waals surface area contributed by atoms with E-state index >= 15 is 0 Å². The number of carbonyl (C=O) groups is 2. The molecular formula is C19H15FN4O3. The first-order valence-electron chi connectivity index (χ1n) is 8.01. The van der Waals surface area contributed by atoms with Gasteiger partial charge < -0.3 is 10.3 Å². The molecule has 0 bridgehead atoms. The van der Waals surface area contributed by atoms with Crippen molar-refractivity contribution < 1.29 is 14.0 Å². The van der Waals surface area contributed by atoms with Crippen molar-refractivity contribution in [3.05, 3.63) is 81.9 Å². The fourth-order valence-corrected chi connectivity index (χ4v) is 2.34. The number of fused-ring (bicyclic) bond motifs is 1. The second-order valence-corrected chi connectivity index (χ2v) is 5.62. The van der Waals surface area contributed by atoms with Gasteiger partial charge in [0.2, 0.25) is 0 Å². The zero-order valence-corrected chi connectivity index (χ0v) is 14.0. The molecule has 3 aromatic rings. The van der Waals surface area contributed by atoms with Gasteiger partial charge in [-0.05, 0) is 41.8 Å². The van der Waals surface area contributed by atoms with Crippen molar-refractivity contribution in [1.29, 1.82) is 0 Å². The zero-order chi connectivity index (χ0) is 19.2. The van der Waals surface area contributed by atoms with Crippen molar-refractivity contribution in [3.8, 4) is 0 Å². The summed E-state index contributed by atoms with van der Waals surface area (Å²) in [5, 5.41) is 6.94. The highest BCUT2D eigenvalue weighted by Gasteiger charge is 2.07. The third-order valence-electron chi connectivity index (χ3n) is 3.69. The van der Waals surface area contributed by atoms with Gasteiger partial charge in [-0.1, -0.05) is 18.2 Å². The van der Waals surface area contributed by atoms with E-state index in [1.807, 2.05) is 18.2 Å². The minimum absolute atomic E-state index is 0.232. The summed E-state index contributed by atoms with van der Waals surface area (Å²) < 4.78 is 12.8. The number of halogens is 1. The van der Waals surface area contributed by atoms with Gasteiger partial charge in [-0.3, -0.25) is 14.4 Å². The summed E-state index contributed by atoms with van der Waals surface area (Å²) in [4.78, 5) is 38.2. The molecule has 0 aliphatic rings. The van der Waals surface area contributed by atoms with Crippen LogP contribution in [0.2, 0.25) is 0 Å². The van der Waals surface area contributed by atoms with Crippen LogP contribution in [0.4, 0.5) is 4.39 Å². The number of nitrogens with zero attached hydrogens (tertiary/aromatic N) is 1. The molecule has 0 fully saturated rings. The van der Waals surface area contributed by atoms with Crippen LogP contribution in [0.5, 0.6) is 0 Å². The molecule has 2 amide bonds. The lowest BCUT2D eigenvalue weighted by atomic mass is 10.2. The largest absolute Gasteiger partial charge is 0.343 e. The maximum atomic E-state index is 12.8. The highest BCUT2D eigenvalue weighted by atomic mass is 19.1. The third kappa shape index (κ3) is 4.63. The summed E-state index contributed by atoms with van der Waals surface area (Å²) in [7, 11) is 0. The first-order valence-corrected chi connectivity index (χ1v) is 8.01. The Labute approximate surface area is 152 Å². The molecule has 3 rings (SSSR count). The van der Waals surface area contributed by atoms with E-state index in [9.17, 15) is 18.8 Å². The van der Waals surface area contributed by atoms with Crippen LogP contribution in [0.3, 0.4) is 0 Å². The van der Waals surface area contributed by atoms with Gasteiger partial charge in [0.1, 0.15) is 5.82 Å². The quantitative estimate of drug-likeness (QED) is 0.471. The number of rotatable bonds is 5. The van der Waals surface area contributed by atoms with Gasteiger partial charge in [0.05, 0.1) is 18.3 Å². The average Bonchev–Trinajstić information content (AvgIpc) is 2.67. The van der Waals surface area contributed by atoms with E-state index in [0.29, 0.717) is 5.52 Å². The Morgan fingerprint density at radius 2 is 1.85 bits per heavy atom. The van der Waals surface area contributed by atoms with E-state index in [0.717, 1.165) is 17.5 Å². The SMILES string of the molecule is O=C(CNC(=O)c1ccc(F)cc1)N/N=C\c1cc2ccccc2[nH]c1=O. The number of hydrazone groups is 1. The summed E-state index contributed by atoms with van der Waals surface area (Å²) in [6.45, 7) is -0.318. The highest BCUT2D eigenvalue weighted by molar-refractivity contribution is 5.96. The van der Waals surface area contributed by atoms with E-state index in [1.54, 1.807) is 12.1 Å². The maximum Gasteiger partial charge on any atom is 0.259 e. The normalized spacial score (nSPS) is 10.9. The van der Waals surface area contributed by atoms with Crippen molar-refractivity contribution in [2.24, 2.45) is 5.10 Å². The third-order valence-corrected chi connectivity index (χ3v) is 3.69. The average molecular weight is 366 g/mol. The Bertz CT molecular complexity index is 1070. The van der Waals surface area contributed by atoms with Crippen LogP contribution in [0.15, 0.2) is 64.5 Å². The predicted octanol–water partition coefficient (Wildman–Crippen LogP) is 1.55. The fraction of sp³-hybridized carbons (Fsp3) is 0.0526. The van der Waals surface area contributed by atoms with Crippen molar-refractivity contribution >= 4 is 28.9 Å². The molecule has 0 unspecified atom stereocenters. The van der Waals surface area contributed by atoms with Crippen molar-refractivity contribution in [3.63, 3.8) is 0 Å². The number of nitrogens with one attached hydrogen (secondary N) is 3. The van der Waals surface area contributed by atoms with Crippen molar-refractivity contribution in [1.82, 2.24) is 15.7 Å². The van der Waals surface area contributed by atoms with Gasteiger partial charge in [-0.15, -0.1) is 0 Å². The lowest BCUT2D eigenvalue weighted by Gasteiger charge is -2.04. The molecule has 3 N–H and O–H groups in total. The summed E-state index contributed by atoms with van der Waals surface area (Å²) in [5.74, 6) is -1.54. The number of amides is 2. The number of pyridine rings is 1. The smallest absolute Gasteiger partial charge is 0.259 e. The fourth-order valence-electron chi connectivity index (χ4n) is 2.34. The van der Waals surface area contributed by atoms with Gasteiger partial charge in [-0.25, -0.2) is 9.82 Å². The van der Waals surface area contributed by atoms with Crippen LogP contribution in [-0.4, -0.2) is 29.6 Å². The molecule has 0 aliphatic heterocycles. The number of carbonyl (C=O) groups excluding carboxylic acids is 2. The molecule has 1 heterocycles. The molecule has 0 spiro atoms. The zero-order valence-electron chi connectivity index (χ0n) is 14.0. The van der Waals surface area contributed by atoms with Gasteiger partial charge in [0, 0.05) is 11.1 Å². The van der Waals surface area contributed by atoms with E-state index in [4.69, 9.17) is 0 Å². The molecule has 1 aromatic heterocycles. The Morgan fingerprint density at radius 3 is 2.63 bits per heavy atom. The number of benzene rings is 2. The van der Waals surface area contributed by atoms with Gasteiger partial charge in [0.25, 0.3) is 17.4 Å². The molecule has 0 saturated heterocycles. The molecular weight excluding hydrogens is 351 g/mol. The van der Waals surface area contributed by atoms with E-state index in [1.165, 1.54) is 18.3 Å². The van der Waals surface area contributed by atoms with Crippen LogP contribution in [0.25, 0.3) is 10.9 Å². The molecule has 0 atom stereocenters. The molecule has 0 saturated carbocycles. The van der Waals surface area contributed by atoms with Crippen LogP contribution >= 0.6 is 0 Å². The summed E-state index contributed by atoms with van der Waals surface area (Å²) in [6.07, 6.45) is 1.23. The number of para-hydroxylation sites is 1. The van der Waals surface area contributed by atoms with Crippen LogP contribution in [0.1, 0.15) is 15.9 Å². The number of aromatic nitrogens is 1.